The number of nitrogens with two attached hydrogens (primary N) is 1. The molecule has 1 saturated heterocycles. The maximum Gasteiger partial charge on any atom is 0.251 e. The number of primary amides is 1. The van der Waals surface area contributed by atoms with E-state index in [9.17, 15) is 4.79 Å². The van der Waals surface area contributed by atoms with Crippen LogP contribution in [-0.4, -0.2) is 38.6 Å². The Morgan fingerprint density at radius 3 is 2.79 bits per heavy atom. The zero-order chi connectivity index (χ0) is 17.1. The number of carbonyl (C=O) groups is 1. The monoisotopic (exact) mass is 330 g/mol. The largest absolute Gasteiger partial charge is 0.475 e. The van der Waals surface area contributed by atoms with Gasteiger partial charge in [0.15, 0.2) is 0 Å². The summed E-state index contributed by atoms with van der Waals surface area (Å²) in [4.78, 5) is 20.5. The summed E-state index contributed by atoms with van der Waals surface area (Å²) in [7, 11) is 0. The standard InChI is InChI=1S/C17H22N4O3/c1-10(2)24-14-12(17-5-4-16(3,8-17)23-9-17)20-15-19-6-11(13(18)22)7-21(14)15/h6-7,10H,4-5,8-9H2,1-3H3,(H2,18,22)/t16-,17-/m0/s1. The number of ether oxygens (including phenoxy) is 2. The fraction of sp³-hybridized carbons (Fsp3) is 0.588. The van der Waals surface area contributed by atoms with Crippen LogP contribution in [0.15, 0.2) is 12.4 Å². The summed E-state index contributed by atoms with van der Waals surface area (Å²) >= 11 is 0. The quantitative estimate of drug-likeness (QED) is 0.923. The molecule has 128 valence electrons. The van der Waals surface area contributed by atoms with Crippen LogP contribution >= 0.6 is 0 Å². The topological polar surface area (TPSA) is 91.7 Å². The minimum atomic E-state index is -0.522. The van der Waals surface area contributed by atoms with E-state index in [0.717, 1.165) is 25.0 Å². The minimum Gasteiger partial charge on any atom is -0.475 e. The normalized spacial score (nSPS) is 28.8. The molecule has 2 bridgehead atoms. The number of imidazole rings is 1. The van der Waals surface area contributed by atoms with Gasteiger partial charge in [-0.15, -0.1) is 0 Å². The number of nitrogens with zero attached hydrogens (tertiary/aromatic N) is 3. The van der Waals surface area contributed by atoms with Crippen LogP contribution < -0.4 is 10.5 Å². The van der Waals surface area contributed by atoms with Crippen LogP contribution in [0, 0.1) is 0 Å². The molecule has 2 atom stereocenters. The number of hydrogen-bond acceptors (Lipinski definition) is 5. The Bertz CT molecular complexity index is 819. The maximum atomic E-state index is 11.5. The molecule has 3 heterocycles. The Balaban J connectivity index is 1.90. The molecule has 1 aliphatic heterocycles. The highest BCUT2D eigenvalue weighted by Crippen LogP contribution is 2.55. The molecule has 24 heavy (non-hydrogen) atoms. The predicted octanol–water partition coefficient (Wildman–Crippen LogP) is 1.83. The van der Waals surface area contributed by atoms with Gasteiger partial charge < -0.3 is 15.2 Å². The second-order valence-corrected chi connectivity index (χ2v) is 7.50. The number of aromatic nitrogens is 3. The molecule has 0 aromatic carbocycles. The zero-order valence-electron chi connectivity index (χ0n) is 14.2. The van der Waals surface area contributed by atoms with Crippen LogP contribution in [0.5, 0.6) is 5.88 Å². The van der Waals surface area contributed by atoms with E-state index in [1.54, 1.807) is 10.6 Å². The lowest BCUT2D eigenvalue weighted by Gasteiger charge is -2.26. The van der Waals surface area contributed by atoms with Gasteiger partial charge in [-0.2, -0.15) is 0 Å². The molecule has 1 saturated carbocycles. The zero-order valence-corrected chi connectivity index (χ0v) is 14.2. The molecule has 0 spiro atoms. The van der Waals surface area contributed by atoms with Crippen LogP contribution in [0.25, 0.3) is 5.78 Å². The average Bonchev–Trinajstić information content (AvgIpc) is 3.16. The van der Waals surface area contributed by atoms with Crippen molar-refractivity contribution < 1.29 is 14.3 Å². The SMILES string of the molecule is CC(C)Oc1c([C@@]23CC[C@@](C)(C2)OC3)nc2ncc(C(N)=O)cn12. The van der Waals surface area contributed by atoms with Crippen LogP contribution in [-0.2, 0) is 10.2 Å². The van der Waals surface area contributed by atoms with E-state index >= 15 is 0 Å². The van der Waals surface area contributed by atoms with Gasteiger partial charge in [-0.3, -0.25) is 9.20 Å². The molecule has 2 aromatic rings. The Morgan fingerprint density at radius 2 is 2.25 bits per heavy atom. The molecule has 1 aliphatic carbocycles. The van der Waals surface area contributed by atoms with E-state index in [1.807, 2.05) is 13.8 Å². The fourth-order valence-corrected chi connectivity index (χ4v) is 3.95. The number of fused-ring (bicyclic) bond motifs is 3. The van der Waals surface area contributed by atoms with E-state index < -0.39 is 5.91 Å². The Kier molecular flexibility index (Phi) is 3.16. The van der Waals surface area contributed by atoms with Crippen molar-refractivity contribution >= 4 is 11.7 Å². The third-order valence-corrected chi connectivity index (χ3v) is 5.11. The number of rotatable bonds is 4. The highest BCUT2D eigenvalue weighted by molar-refractivity contribution is 5.92. The third kappa shape index (κ3) is 2.18. The van der Waals surface area contributed by atoms with Crippen LogP contribution in [0.2, 0.25) is 0 Å². The molecule has 0 radical (unpaired) electrons. The summed E-state index contributed by atoms with van der Waals surface area (Å²) in [5, 5.41) is 0. The van der Waals surface area contributed by atoms with Gasteiger partial charge in [-0.1, -0.05) is 0 Å². The summed E-state index contributed by atoms with van der Waals surface area (Å²) in [5.41, 5.74) is 6.39. The van der Waals surface area contributed by atoms with Crippen molar-refractivity contribution in [2.75, 3.05) is 6.61 Å². The van der Waals surface area contributed by atoms with Gasteiger partial charge in [0.05, 0.1) is 23.9 Å². The minimum absolute atomic E-state index is 0.0209. The maximum absolute atomic E-state index is 11.5. The van der Waals surface area contributed by atoms with Crippen molar-refractivity contribution in [3.63, 3.8) is 0 Å². The molecular formula is C17H22N4O3. The highest BCUT2D eigenvalue weighted by Gasteiger charge is 2.56. The molecule has 7 nitrogen and oxygen atoms in total. The lowest BCUT2D eigenvalue weighted by molar-refractivity contribution is -0.00659. The summed E-state index contributed by atoms with van der Waals surface area (Å²) in [6.45, 7) is 6.74. The van der Waals surface area contributed by atoms with Gasteiger partial charge >= 0.3 is 0 Å². The van der Waals surface area contributed by atoms with E-state index in [4.69, 9.17) is 20.2 Å². The van der Waals surface area contributed by atoms with Crippen molar-refractivity contribution in [2.24, 2.45) is 5.73 Å². The Labute approximate surface area is 140 Å². The van der Waals surface area contributed by atoms with Crippen molar-refractivity contribution in [1.29, 1.82) is 0 Å². The first-order chi connectivity index (χ1) is 11.3. The van der Waals surface area contributed by atoms with Crippen LogP contribution in [0.4, 0.5) is 0 Å². The molecule has 2 fully saturated rings. The van der Waals surface area contributed by atoms with Gasteiger partial charge in [0.1, 0.15) is 5.69 Å². The molecule has 2 aromatic heterocycles. The van der Waals surface area contributed by atoms with E-state index in [1.165, 1.54) is 6.20 Å². The summed E-state index contributed by atoms with van der Waals surface area (Å²) in [6.07, 6.45) is 6.05. The summed E-state index contributed by atoms with van der Waals surface area (Å²) in [5.74, 6) is 0.636. The Morgan fingerprint density at radius 1 is 1.46 bits per heavy atom. The van der Waals surface area contributed by atoms with Crippen LogP contribution in [0.1, 0.15) is 56.1 Å². The van der Waals surface area contributed by atoms with Crippen molar-refractivity contribution in [3.8, 4) is 5.88 Å². The average molecular weight is 330 g/mol. The van der Waals surface area contributed by atoms with Crippen LogP contribution in [0.3, 0.4) is 0 Å². The third-order valence-electron chi connectivity index (χ3n) is 5.11. The number of amides is 1. The lowest BCUT2D eigenvalue weighted by atomic mass is 9.84. The van der Waals surface area contributed by atoms with Gasteiger partial charge in [-0.05, 0) is 40.0 Å². The first kappa shape index (κ1) is 15.4. The molecule has 7 heteroatoms. The van der Waals surface area contributed by atoms with Crippen molar-refractivity contribution in [1.82, 2.24) is 14.4 Å². The second kappa shape index (κ2) is 4.92. The van der Waals surface area contributed by atoms with Gasteiger partial charge in [0, 0.05) is 17.8 Å². The van der Waals surface area contributed by atoms with Gasteiger partial charge in [0.25, 0.3) is 5.91 Å². The first-order valence-electron chi connectivity index (χ1n) is 8.31. The van der Waals surface area contributed by atoms with E-state index in [2.05, 4.69) is 11.9 Å². The molecule has 4 rings (SSSR count). The molecular weight excluding hydrogens is 308 g/mol. The first-order valence-corrected chi connectivity index (χ1v) is 8.31. The van der Waals surface area contributed by atoms with E-state index in [0.29, 0.717) is 23.8 Å². The van der Waals surface area contributed by atoms with Crippen molar-refractivity contribution in [3.05, 3.63) is 23.7 Å². The number of hydrogen-bond donors (Lipinski definition) is 1. The molecule has 0 unspecified atom stereocenters. The number of carbonyl (C=O) groups excluding carboxylic acids is 1. The molecule has 2 N–H and O–H groups in total. The van der Waals surface area contributed by atoms with Gasteiger partial charge in [-0.25, -0.2) is 9.97 Å². The van der Waals surface area contributed by atoms with Gasteiger partial charge in [0.2, 0.25) is 11.7 Å². The summed E-state index contributed by atoms with van der Waals surface area (Å²) in [6, 6.07) is 0. The molecule has 2 aliphatic rings. The van der Waals surface area contributed by atoms with Crippen molar-refractivity contribution in [2.45, 2.75) is 57.2 Å². The fourth-order valence-electron chi connectivity index (χ4n) is 3.95. The summed E-state index contributed by atoms with van der Waals surface area (Å²) < 4.78 is 13.8. The Hall–Kier alpha value is -2.15. The highest BCUT2D eigenvalue weighted by atomic mass is 16.5. The van der Waals surface area contributed by atoms with E-state index in [-0.39, 0.29) is 17.1 Å². The lowest BCUT2D eigenvalue weighted by Crippen LogP contribution is -2.28. The smallest absolute Gasteiger partial charge is 0.251 e. The second-order valence-electron chi connectivity index (χ2n) is 7.50. The molecule has 1 amide bonds. The predicted molar refractivity (Wildman–Crippen MR) is 87.2 cm³/mol.